The number of nitrogens with one attached hydrogen (secondary N) is 1. The molecule has 0 radical (unpaired) electrons. The fourth-order valence-electron chi connectivity index (χ4n) is 4.29. The number of nitrogens with zero attached hydrogens (tertiary/aromatic N) is 4. The zero-order valence-electron chi connectivity index (χ0n) is 17.2. The minimum Gasteiger partial charge on any atom is -0.343 e. The van der Waals surface area contributed by atoms with E-state index in [1.807, 2.05) is 34.9 Å². The van der Waals surface area contributed by atoms with Crippen LogP contribution in [0.15, 0.2) is 54.6 Å². The molecule has 1 amide bonds. The smallest absolute Gasteiger partial charge is 0.268 e. The lowest BCUT2D eigenvalue weighted by Gasteiger charge is -2.12. The van der Waals surface area contributed by atoms with Gasteiger partial charge in [0.15, 0.2) is 5.82 Å². The SMILES string of the molecule is O=C(NCc1nnc2n1CCCCC2)c1cc2ccccc2n1Cc1ccccc1F. The molecule has 0 bridgehead atoms. The summed E-state index contributed by atoms with van der Waals surface area (Å²) in [4.78, 5) is 13.2. The highest BCUT2D eigenvalue weighted by Gasteiger charge is 2.19. The van der Waals surface area contributed by atoms with Gasteiger partial charge in [0, 0.05) is 29.4 Å². The van der Waals surface area contributed by atoms with Crippen LogP contribution < -0.4 is 5.32 Å². The lowest BCUT2D eigenvalue weighted by atomic mass is 10.2. The highest BCUT2D eigenvalue weighted by molar-refractivity contribution is 5.98. The molecular weight excluding hydrogens is 393 g/mol. The van der Waals surface area contributed by atoms with Crippen molar-refractivity contribution in [2.75, 3.05) is 0 Å². The highest BCUT2D eigenvalue weighted by atomic mass is 19.1. The molecule has 5 rings (SSSR count). The van der Waals surface area contributed by atoms with Crippen LogP contribution >= 0.6 is 0 Å². The third kappa shape index (κ3) is 3.83. The van der Waals surface area contributed by atoms with Gasteiger partial charge in [-0.05, 0) is 31.0 Å². The van der Waals surface area contributed by atoms with E-state index in [1.165, 1.54) is 12.5 Å². The van der Waals surface area contributed by atoms with Crippen LogP contribution in [0.4, 0.5) is 4.39 Å². The fraction of sp³-hybridized carbons (Fsp3) is 0.292. The third-order valence-corrected chi connectivity index (χ3v) is 5.92. The number of benzene rings is 2. The van der Waals surface area contributed by atoms with E-state index in [1.54, 1.807) is 18.2 Å². The van der Waals surface area contributed by atoms with Crippen LogP contribution in [0.5, 0.6) is 0 Å². The summed E-state index contributed by atoms with van der Waals surface area (Å²) in [5.41, 5.74) is 1.94. The number of para-hydroxylation sites is 1. The average molecular weight is 417 g/mol. The lowest BCUT2D eigenvalue weighted by Crippen LogP contribution is -2.27. The van der Waals surface area contributed by atoms with Gasteiger partial charge in [-0.15, -0.1) is 10.2 Å². The summed E-state index contributed by atoms with van der Waals surface area (Å²) < 4.78 is 18.3. The number of hydrogen-bond donors (Lipinski definition) is 1. The zero-order chi connectivity index (χ0) is 21.2. The molecule has 2 aromatic carbocycles. The van der Waals surface area contributed by atoms with Crippen LogP contribution in [0.3, 0.4) is 0 Å². The van der Waals surface area contributed by atoms with E-state index in [4.69, 9.17) is 0 Å². The van der Waals surface area contributed by atoms with Crippen molar-refractivity contribution in [3.8, 4) is 0 Å². The molecule has 0 atom stereocenters. The summed E-state index contributed by atoms with van der Waals surface area (Å²) in [6, 6.07) is 16.3. The van der Waals surface area contributed by atoms with E-state index in [0.717, 1.165) is 48.4 Å². The predicted octanol–water partition coefficient (Wildman–Crippen LogP) is 4.08. The Bertz CT molecular complexity index is 1240. The minimum atomic E-state index is -0.280. The predicted molar refractivity (Wildman–Crippen MR) is 116 cm³/mol. The van der Waals surface area contributed by atoms with Gasteiger partial charge in [-0.25, -0.2) is 4.39 Å². The molecule has 31 heavy (non-hydrogen) atoms. The summed E-state index contributed by atoms with van der Waals surface area (Å²) in [5, 5.41) is 12.5. The van der Waals surface area contributed by atoms with E-state index in [2.05, 4.69) is 20.1 Å². The van der Waals surface area contributed by atoms with E-state index >= 15 is 0 Å². The molecule has 158 valence electrons. The molecule has 6 nitrogen and oxygen atoms in total. The Kier molecular flexibility index (Phi) is 5.24. The average Bonchev–Trinajstić information content (AvgIpc) is 3.26. The molecule has 0 aliphatic carbocycles. The van der Waals surface area contributed by atoms with Crippen LogP contribution in [0.25, 0.3) is 10.9 Å². The van der Waals surface area contributed by atoms with E-state index in [-0.39, 0.29) is 18.3 Å². The first-order chi connectivity index (χ1) is 15.2. The summed E-state index contributed by atoms with van der Waals surface area (Å²) in [5.74, 6) is 1.29. The van der Waals surface area contributed by atoms with Gasteiger partial charge in [-0.3, -0.25) is 4.79 Å². The molecule has 0 saturated carbocycles. The van der Waals surface area contributed by atoms with Crippen molar-refractivity contribution in [2.24, 2.45) is 0 Å². The summed E-state index contributed by atoms with van der Waals surface area (Å²) in [7, 11) is 0. The third-order valence-electron chi connectivity index (χ3n) is 5.92. The van der Waals surface area contributed by atoms with Gasteiger partial charge in [0.05, 0.1) is 13.1 Å². The Balaban J connectivity index is 1.42. The lowest BCUT2D eigenvalue weighted by molar-refractivity contribution is 0.0941. The van der Waals surface area contributed by atoms with Gasteiger partial charge in [-0.2, -0.15) is 0 Å². The quantitative estimate of drug-likeness (QED) is 0.532. The molecule has 0 fully saturated rings. The minimum absolute atomic E-state index is 0.210. The van der Waals surface area contributed by atoms with Crippen LogP contribution in [0.2, 0.25) is 0 Å². The Hall–Kier alpha value is -3.48. The summed E-state index contributed by atoms with van der Waals surface area (Å²) >= 11 is 0. The van der Waals surface area contributed by atoms with E-state index in [9.17, 15) is 9.18 Å². The van der Waals surface area contributed by atoms with Crippen molar-refractivity contribution in [3.63, 3.8) is 0 Å². The number of carbonyl (C=O) groups excluding carboxylic acids is 1. The first kappa shape index (κ1) is 19.5. The molecule has 1 aliphatic rings. The Labute approximate surface area is 179 Å². The number of aryl methyl sites for hydroxylation is 1. The Morgan fingerprint density at radius 3 is 2.77 bits per heavy atom. The number of halogens is 1. The number of carbonyl (C=O) groups is 1. The molecule has 2 aromatic heterocycles. The summed E-state index contributed by atoms with van der Waals surface area (Å²) in [6.07, 6.45) is 4.34. The van der Waals surface area contributed by atoms with Crippen molar-refractivity contribution in [1.29, 1.82) is 0 Å². The molecule has 1 N–H and O–H groups in total. The number of fused-ring (bicyclic) bond motifs is 2. The molecule has 4 aromatic rings. The van der Waals surface area contributed by atoms with Gasteiger partial charge in [0.25, 0.3) is 5.91 Å². The van der Waals surface area contributed by atoms with Crippen molar-refractivity contribution >= 4 is 16.8 Å². The van der Waals surface area contributed by atoms with Gasteiger partial charge < -0.3 is 14.5 Å². The molecular formula is C24H24FN5O. The largest absolute Gasteiger partial charge is 0.343 e. The second-order valence-electron chi connectivity index (χ2n) is 7.94. The van der Waals surface area contributed by atoms with Crippen molar-refractivity contribution in [2.45, 2.75) is 45.3 Å². The number of rotatable bonds is 5. The molecule has 0 unspecified atom stereocenters. The van der Waals surface area contributed by atoms with Crippen molar-refractivity contribution in [3.05, 3.63) is 83.3 Å². The first-order valence-electron chi connectivity index (χ1n) is 10.7. The standard InChI is InChI=1S/C24H24FN5O/c25-19-10-5-3-9-18(19)16-30-20-11-6-4-8-17(20)14-21(30)24(31)26-15-23-28-27-22-12-2-1-7-13-29(22)23/h3-6,8-11,14H,1-2,7,12-13,15-16H2,(H,26,31). The zero-order valence-corrected chi connectivity index (χ0v) is 17.2. The van der Waals surface area contributed by atoms with Crippen molar-refractivity contribution < 1.29 is 9.18 Å². The summed E-state index contributed by atoms with van der Waals surface area (Å²) in [6.45, 7) is 1.48. The second-order valence-corrected chi connectivity index (χ2v) is 7.94. The van der Waals surface area contributed by atoms with Gasteiger partial charge >= 0.3 is 0 Å². The van der Waals surface area contributed by atoms with Gasteiger partial charge in [-0.1, -0.05) is 42.8 Å². The second kappa shape index (κ2) is 8.34. The maximum atomic E-state index is 14.3. The van der Waals surface area contributed by atoms with E-state index < -0.39 is 0 Å². The molecule has 0 spiro atoms. The molecule has 1 aliphatic heterocycles. The van der Waals surface area contributed by atoms with Crippen LogP contribution in [-0.2, 0) is 26.1 Å². The number of amides is 1. The topological polar surface area (TPSA) is 64.7 Å². The van der Waals surface area contributed by atoms with Crippen molar-refractivity contribution in [1.82, 2.24) is 24.6 Å². The molecule has 0 saturated heterocycles. The van der Waals surface area contributed by atoms with E-state index in [0.29, 0.717) is 17.8 Å². The first-order valence-corrected chi connectivity index (χ1v) is 10.7. The maximum absolute atomic E-state index is 14.3. The van der Waals surface area contributed by atoms with Gasteiger partial charge in [0.1, 0.15) is 17.3 Å². The number of hydrogen-bond acceptors (Lipinski definition) is 3. The van der Waals surface area contributed by atoms with Crippen LogP contribution in [0, 0.1) is 5.82 Å². The Morgan fingerprint density at radius 1 is 1.03 bits per heavy atom. The van der Waals surface area contributed by atoms with Gasteiger partial charge in [0.2, 0.25) is 0 Å². The monoisotopic (exact) mass is 417 g/mol. The number of aromatic nitrogens is 4. The maximum Gasteiger partial charge on any atom is 0.268 e. The molecule has 7 heteroatoms. The normalized spacial score (nSPS) is 13.7. The highest BCUT2D eigenvalue weighted by Crippen LogP contribution is 2.22. The van der Waals surface area contributed by atoms with Crippen LogP contribution in [-0.4, -0.2) is 25.2 Å². The Morgan fingerprint density at radius 2 is 1.87 bits per heavy atom. The molecule has 3 heterocycles. The fourth-order valence-corrected chi connectivity index (χ4v) is 4.29. The van der Waals surface area contributed by atoms with Crippen LogP contribution in [0.1, 0.15) is 47.0 Å².